The summed E-state index contributed by atoms with van der Waals surface area (Å²) < 4.78 is 11.4. The van der Waals surface area contributed by atoms with Gasteiger partial charge in [-0.1, -0.05) is 0 Å². The van der Waals surface area contributed by atoms with Crippen molar-refractivity contribution in [1.82, 2.24) is 9.97 Å². The van der Waals surface area contributed by atoms with Crippen molar-refractivity contribution in [2.75, 3.05) is 9.80 Å². The fourth-order valence-electron chi connectivity index (χ4n) is 11.6. The normalized spacial score (nSPS) is 13.9. The zero-order chi connectivity index (χ0) is 46.5. The molecule has 0 spiro atoms. The molecular formula is C64H46Ge2N4. The van der Waals surface area contributed by atoms with Gasteiger partial charge < -0.3 is 0 Å². The average molecular weight is 1020 g/mol. The third-order valence-electron chi connectivity index (χ3n) is 14.5. The van der Waals surface area contributed by atoms with Crippen LogP contribution in [0.2, 0.25) is 0 Å². The molecule has 0 radical (unpaired) electrons. The first-order chi connectivity index (χ1) is 34.7. The molecule has 70 heavy (non-hydrogen) atoms. The van der Waals surface area contributed by atoms with Crippen molar-refractivity contribution in [2.24, 2.45) is 0 Å². The van der Waals surface area contributed by atoms with E-state index in [0.717, 1.165) is 33.9 Å². The summed E-state index contributed by atoms with van der Waals surface area (Å²) in [4.78, 5) is 14.6. The SMILES string of the molecule is c1cc[c]([Ge]2([c]3ccccc3)[c]3ccccc3N(c3ccc(-c4cc(-c5ccc(N6c7cccc[c]7[Ge]([c]7ccccc7)([c]7ccccc7)[c]7ccccc76)cc5)ncn4)cc3)c3cccc[c]32)cc1. The summed E-state index contributed by atoms with van der Waals surface area (Å²) in [6.07, 6.45) is 1.69. The van der Waals surface area contributed by atoms with Crippen LogP contribution in [-0.2, 0) is 0 Å². The molecule has 0 N–H and O–H groups in total. The molecule has 4 nitrogen and oxygen atoms in total. The molecule has 11 aromatic rings. The van der Waals surface area contributed by atoms with Crippen molar-refractivity contribution >= 4 is 95.8 Å². The number of para-hydroxylation sites is 4. The van der Waals surface area contributed by atoms with Crippen LogP contribution in [0.3, 0.4) is 0 Å². The Morgan fingerprint density at radius 2 is 0.514 bits per heavy atom. The maximum atomic E-state index is 4.82. The second-order valence-corrected chi connectivity index (χ2v) is 33.7. The second-order valence-electron chi connectivity index (χ2n) is 18.1. The summed E-state index contributed by atoms with van der Waals surface area (Å²) in [5.74, 6) is 0. The van der Waals surface area contributed by atoms with Crippen molar-refractivity contribution in [3.05, 3.63) is 279 Å². The number of anilines is 6. The minimum atomic E-state index is -3.45. The molecular weight excluding hydrogens is 970 g/mol. The number of fused-ring (bicyclic) bond motifs is 4. The molecule has 0 saturated heterocycles. The second kappa shape index (κ2) is 17.5. The van der Waals surface area contributed by atoms with Gasteiger partial charge in [-0.05, 0) is 0 Å². The molecule has 0 atom stereocenters. The zero-order valence-electron chi connectivity index (χ0n) is 38.3. The summed E-state index contributed by atoms with van der Waals surface area (Å²) >= 11 is -6.90. The molecule has 0 saturated carbocycles. The quantitative estimate of drug-likeness (QED) is 0.142. The van der Waals surface area contributed by atoms with Crippen molar-refractivity contribution < 1.29 is 0 Å². The number of aromatic nitrogens is 2. The molecule has 330 valence electrons. The molecule has 0 aliphatic carbocycles. The number of rotatable bonds is 8. The average Bonchev–Trinajstić information content (AvgIpc) is 3.45. The van der Waals surface area contributed by atoms with Crippen LogP contribution in [0.15, 0.2) is 279 Å². The van der Waals surface area contributed by atoms with E-state index in [1.54, 1.807) is 6.33 Å². The number of hydrogen-bond acceptors (Lipinski definition) is 4. The molecule has 3 heterocycles. The topological polar surface area (TPSA) is 32.3 Å². The van der Waals surface area contributed by atoms with Crippen molar-refractivity contribution in [3.8, 4) is 22.5 Å². The Morgan fingerprint density at radius 3 is 0.800 bits per heavy atom. The third-order valence-corrected chi connectivity index (χ3v) is 34.9. The van der Waals surface area contributed by atoms with Gasteiger partial charge in [0.15, 0.2) is 0 Å². The molecule has 6 heteroatoms. The van der Waals surface area contributed by atoms with Crippen LogP contribution in [0.25, 0.3) is 22.5 Å². The molecule has 1 aromatic heterocycles. The van der Waals surface area contributed by atoms with Gasteiger partial charge >= 0.3 is 417 Å². The van der Waals surface area contributed by atoms with Crippen molar-refractivity contribution in [1.29, 1.82) is 0 Å². The van der Waals surface area contributed by atoms with Crippen LogP contribution >= 0.6 is 0 Å². The maximum absolute atomic E-state index is 4.82. The Balaban J connectivity index is 0.848. The first-order valence-electron chi connectivity index (χ1n) is 24.0. The van der Waals surface area contributed by atoms with Gasteiger partial charge in [-0.25, -0.2) is 0 Å². The van der Waals surface area contributed by atoms with Gasteiger partial charge in [0.1, 0.15) is 0 Å². The van der Waals surface area contributed by atoms with Gasteiger partial charge in [-0.15, -0.1) is 0 Å². The summed E-state index contributed by atoms with van der Waals surface area (Å²) in [7, 11) is 0. The van der Waals surface area contributed by atoms with Crippen LogP contribution in [0, 0.1) is 0 Å². The van der Waals surface area contributed by atoms with Gasteiger partial charge in [0.25, 0.3) is 0 Å². The van der Waals surface area contributed by atoms with Crippen molar-refractivity contribution in [3.63, 3.8) is 0 Å². The van der Waals surface area contributed by atoms with Crippen molar-refractivity contribution in [2.45, 2.75) is 0 Å². The molecule has 2 aliphatic rings. The molecule has 0 bridgehead atoms. The Bertz CT molecular complexity index is 3240. The van der Waals surface area contributed by atoms with E-state index < -0.39 is 26.5 Å². The summed E-state index contributed by atoms with van der Waals surface area (Å²) in [5.41, 5.74) is 11.0. The number of benzene rings is 10. The van der Waals surface area contributed by atoms with E-state index in [4.69, 9.17) is 9.97 Å². The van der Waals surface area contributed by atoms with Gasteiger partial charge in [0.2, 0.25) is 0 Å². The first-order valence-corrected chi connectivity index (χ1v) is 32.4. The fraction of sp³-hybridized carbons (Fsp3) is 0. The Hall–Kier alpha value is -8.03. The summed E-state index contributed by atoms with van der Waals surface area (Å²) in [6.45, 7) is 0. The van der Waals surface area contributed by atoms with Crippen LogP contribution in [0.1, 0.15) is 0 Å². The Morgan fingerprint density at radius 1 is 0.257 bits per heavy atom. The fourth-order valence-corrected chi connectivity index (χ4v) is 33.0. The molecule has 2 aliphatic heterocycles. The predicted octanol–water partition coefficient (Wildman–Crippen LogP) is 10.1. The van der Waals surface area contributed by atoms with E-state index in [1.807, 2.05) is 0 Å². The first kappa shape index (κ1) is 42.1. The standard InChI is InChI=1S/C64H46Ge2N4/c1-5-21-49(22-6-1)65(50-23-7-2-8-24-50)55-29-13-17-33-61(55)69(62-34-18-14-30-56(62)65)53-41-37-47(38-42-53)59-45-60(68-46-67-59)48-39-43-54(44-40-48)70-63-35-19-15-31-57(63)66(51-25-9-3-10-26-51,52-27-11-4-12-28-52)58-32-16-20-36-64(58)70/h1-46H. The van der Waals surface area contributed by atoms with Gasteiger partial charge in [-0.2, -0.15) is 0 Å². The van der Waals surface area contributed by atoms with E-state index in [-0.39, 0.29) is 0 Å². The minimum absolute atomic E-state index is 0.881. The third kappa shape index (κ3) is 6.58. The van der Waals surface area contributed by atoms with Gasteiger partial charge in [0.05, 0.1) is 0 Å². The van der Waals surface area contributed by atoms with Crippen LogP contribution in [-0.4, -0.2) is 36.5 Å². The monoisotopic (exact) mass is 1020 g/mol. The Labute approximate surface area is 414 Å². The van der Waals surface area contributed by atoms with E-state index in [9.17, 15) is 0 Å². The zero-order valence-corrected chi connectivity index (χ0v) is 42.5. The number of hydrogen-bond donors (Lipinski definition) is 0. The molecule has 0 fully saturated rings. The van der Waals surface area contributed by atoms with Crippen LogP contribution in [0.5, 0.6) is 0 Å². The predicted molar refractivity (Wildman–Crippen MR) is 297 cm³/mol. The summed E-state index contributed by atoms with van der Waals surface area (Å²) in [5, 5.41) is 0. The molecule has 0 unspecified atom stereocenters. The van der Waals surface area contributed by atoms with Gasteiger partial charge in [-0.3, -0.25) is 0 Å². The van der Waals surface area contributed by atoms with Crippen LogP contribution in [0.4, 0.5) is 34.1 Å². The van der Waals surface area contributed by atoms with E-state index >= 15 is 0 Å². The number of nitrogens with zero attached hydrogens (tertiary/aromatic N) is 4. The van der Waals surface area contributed by atoms with E-state index in [0.29, 0.717) is 0 Å². The molecule has 10 aromatic carbocycles. The Kier molecular flexibility index (Phi) is 10.5. The van der Waals surface area contributed by atoms with Crippen LogP contribution < -0.4 is 45.0 Å². The molecule has 0 amide bonds. The van der Waals surface area contributed by atoms with Gasteiger partial charge in [0, 0.05) is 0 Å². The molecule has 13 rings (SSSR count). The van der Waals surface area contributed by atoms with E-state index in [1.165, 1.54) is 57.9 Å². The summed E-state index contributed by atoms with van der Waals surface area (Å²) in [6, 6.07) is 101. The van der Waals surface area contributed by atoms with E-state index in [2.05, 4.69) is 283 Å².